The Balaban J connectivity index is 2.28. The van der Waals surface area contributed by atoms with E-state index in [1.807, 2.05) is 12.5 Å². The third-order valence-corrected chi connectivity index (χ3v) is 6.08. The van der Waals surface area contributed by atoms with E-state index in [0.29, 0.717) is 21.9 Å². The van der Waals surface area contributed by atoms with Gasteiger partial charge in [0.1, 0.15) is 11.5 Å². The number of primary sulfonamides is 1. The topological polar surface area (TPSA) is 94.5 Å². The molecule has 6 nitrogen and oxygen atoms in total. The van der Waals surface area contributed by atoms with Gasteiger partial charge in [0.2, 0.25) is 10.0 Å². The number of nitrogens with two attached hydrogens (primary N) is 1. The molecule has 0 atom stereocenters. The van der Waals surface area contributed by atoms with Gasteiger partial charge in [-0.1, -0.05) is 11.6 Å². The van der Waals surface area contributed by atoms with Crippen LogP contribution in [0.2, 0.25) is 5.02 Å². The number of aryl methyl sites for hydroxylation is 1. The van der Waals surface area contributed by atoms with E-state index in [4.69, 9.17) is 16.7 Å². The zero-order valence-electron chi connectivity index (χ0n) is 15.9. The Labute approximate surface area is 175 Å². The van der Waals surface area contributed by atoms with Crippen molar-refractivity contribution in [2.24, 2.45) is 5.14 Å². The summed E-state index contributed by atoms with van der Waals surface area (Å²) in [6.07, 6.45) is 5.52. The molecule has 0 unspecified atom stereocenters. The smallest absolute Gasteiger partial charge is 0.238 e. The molecule has 2 aromatic heterocycles. The van der Waals surface area contributed by atoms with E-state index >= 15 is 0 Å². The zero-order valence-corrected chi connectivity index (χ0v) is 18.3. The number of Topliss-reactive ketones (excluding diaryl/α,β-unsaturated/α-hetero) is 1. The van der Waals surface area contributed by atoms with Crippen molar-refractivity contribution in [2.45, 2.75) is 18.2 Å². The number of carbonyl (C=O) groups is 1. The summed E-state index contributed by atoms with van der Waals surface area (Å²) in [5, 5.41) is 7.19. The molecule has 0 fully saturated rings. The molecule has 0 amide bonds. The lowest BCUT2D eigenvalue weighted by Crippen LogP contribution is -2.13. The number of hydrogen-bond acceptors (Lipinski definition) is 4. The molecule has 0 spiro atoms. The van der Waals surface area contributed by atoms with Gasteiger partial charge in [-0.2, -0.15) is 10.5 Å². The number of rotatable bonds is 5. The highest BCUT2D eigenvalue weighted by molar-refractivity contribution is 8.14. The summed E-state index contributed by atoms with van der Waals surface area (Å²) in [5.41, 5.74) is 1.67. The third kappa shape index (κ3) is 4.58. The molecule has 2 N–H and O–H groups in total. The predicted molar refractivity (Wildman–Crippen MR) is 116 cm³/mol. The maximum absolute atomic E-state index is 15.0. The fourth-order valence-corrected chi connectivity index (χ4v) is 4.46. The average molecular weight is 456 g/mol. The van der Waals surface area contributed by atoms with Gasteiger partial charge in [0.05, 0.1) is 22.7 Å². The van der Waals surface area contributed by atoms with E-state index in [1.54, 1.807) is 35.0 Å². The molecule has 0 saturated heterocycles. The fourth-order valence-electron chi connectivity index (χ4n) is 3.09. The molecule has 10 heteroatoms. The van der Waals surface area contributed by atoms with Crippen LogP contribution < -0.4 is 5.14 Å². The minimum Gasteiger partial charge on any atom is -0.303 e. The molecule has 0 bridgehead atoms. The number of pyridine rings is 1. The van der Waals surface area contributed by atoms with Crippen LogP contribution in [0, 0.1) is 12.7 Å². The van der Waals surface area contributed by atoms with E-state index in [1.165, 1.54) is 6.07 Å². The number of imidazole rings is 1. The highest BCUT2D eigenvalue weighted by Gasteiger charge is 2.23. The first kappa shape index (κ1) is 21.6. The van der Waals surface area contributed by atoms with E-state index in [0.717, 1.165) is 6.07 Å². The standard InChI is InChI=1S/C19H19ClFN3O3S2/c1-11-6-14(29(22,26)27)9-15(21)18(11)19-16(8-13(25)10-28(2)3)24-5-4-12(20)7-17(24)23-19/h4-7,9-10H,8H2,1-3H3,(H2,22,26,27). The summed E-state index contributed by atoms with van der Waals surface area (Å²) in [4.78, 5) is 16.6. The summed E-state index contributed by atoms with van der Waals surface area (Å²) in [5.74, 6) is -0.900. The lowest BCUT2D eigenvalue weighted by Gasteiger charge is -2.10. The van der Waals surface area contributed by atoms with Crippen molar-refractivity contribution in [3.8, 4) is 11.3 Å². The molecular formula is C19H19ClFN3O3S2. The van der Waals surface area contributed by atoms with Crippen LogP contribution in [-0.2, 0) is 21.2 Å². The monoisotopic (exact) mass is 455 g/mol. The second-order valence-electron chi connectivity index (χ2n) is 6.76. The number of sulfonamides is 1. The Morgan fingerprint density at radius 3 is 2.62 bits per heavy atom. The van der Waals surface area contributed by atoms with E-state index < -0.39 is 15.8 Å². The van der Waals surface area contributed by atoms with E-state index in [-0.39, 0.29) is 38.8 Å². The second-order valence-corrected chi connectivity index (χ2v) is 10.8. The molecular weight excluding hydrogens is 437 g/mol. The molecule has 154 valence electrons. The summed E-state index contributed by atoms with van der Waals surface area (Å²) < 4.78 is 39.9. The number of carbonyl (C=O) groups excluding carboxylic acids is 1. The summed E-state index contributed by atoms with van der Waals surface area (Å²) in [6, 6.07) is 5.41. The largest absolute Gasteiger partial charge is 0.303 e. The number of fused-ring (bicyclic) bond motifs is 1. The van der Waals surface area contributed by atoms with Crippen molar-refractivity contribution >= 4 is 48.9 Å². The van der Waals surface area contributed by atoms with Crippen LogP contribution >= 0.6 is 22.1 Å². The van der Waals surface area contributed by atoms with Gasteiger partial charge in [-0.3, -0.25) is 4.79 Å². The number of nitrogens with zero attached hydrogens (tertiary/aromatic N) is 2. The molecule has 0 aliphatic rings. The van der Waals surface area contributed by atoms with Crippen molar-refractivity contribution in [3.05, 3.63) is 52.6 Å². The average Bonchev–Trinajstić information content (AvgIpc) is 2.89. The maximum Gasteiger partial charge on any atom is 0.238 e. The molecule has 0 saturated carbocycles. The maximum atomic E-state index is 15.0. The Kier molecular flexibility index (Phi) is 5.96. The highest BCUT2D eigenvalue weighted by Crippen LogP contribution is 2.32. The fraction of sp³-hybridized carbons (Fsp3) is 0.211. The lowest BCUT2D eigenvalue weighted by molar-refractivity contribution is -0.111. The van der Waals surface area contributed by atoms with Gasteiger partial charge in [0.15, 0.2) is 5.78 Å². The predicted octanol–water partition coefficient (Wildman–Crippen LogP) is 3.19. The normalized spacial score (nSPS) is 12.0. The van der Waals surface area contributed by atoms with Crippen molar-refractivity contribution in [1.82, 2.24) is 9.38 Å². The SMILES string of the molecule is Cc1cc(S(N)(=O)=O)cc(F)c1-c1nc2cc(Cl)ccn2c1CC(=O)C=S(C)C. The summed E-state index contributed by atoms with van der Waals surface area (Å²) >= 11 is 6.05. The van der Waals surface area contributed by atoms with Crippen molar-refractivity contribution in [2.75, 3.05) is 12.5 Å². The second kappa shape index (κ2) is 7.98. The molecule has 3 rings (SSSR count). The molecule has 2 heterocycles. The van der Waals surface area contributed by atoms with Crippen LogP contribution in [0.5, 0.6) is 0 Å². The number of hydrogen-bond donors (Lipinski definition) is 1. The number of ketones is 1. The van der Waals surface area contributed by atoms with Crippen LogP contribution in [0.3, 0.4) is 0 Å². The Morgan fingerprint density at radius 1 is 1.34 bits per heavy atom. The van der Waals surface area contributed by atoms with Crippen molar-refractivity contribution in [1.29, 1.82) is 0 Å². The lowest BCUT2D eigenvalue weighted by atomic mass is 10.0. The molecule has 0 aliphatic heterocycles. The van der Waals surface area contributed by atoms with Crippen LogP contribution in [0.15, 0.2) is 35.4 Å². The van der Waals surface area contributed by atoms with Crippen molar-refractivity contribution in [3.63, 3.8) is 0 Å². The first-order valence-electron chi connectivity index (χ1n) is 8.41. The molecule has 0 radical (unpaired) electrons. The van der Waals surface area contributed by atoms with Gasteiger partial charge in [0, 0.05) is 28.2 Å². The van der Waals surface area contributed by atoms with E-state index in [9.17, 15) is 17.6 Å². The first-order valence-corrected chi connectivity index (χ1v) is 12.4. The van der Waals surface area contributed by atoms with Gasteiger partial charge in [-0.05, 0) is 43.2 Å². The van der Waals surface area contributed by atoms with Gasteiger partial charge >= 0.3 is 0 Å². The minimum atomic E-state index is -4.06. The van der Waals surface area contributed by atoms with Gasteiger partial charge in [-0.15, -0.1) is 0 Å². The Hall–Kier alpha value is -2.07. The van der Waals surface area contributed by atoms with Crippen LogP contribution in [0.25, 0.3) is 16.9 Å². The number of aromatic nitrogens is 2. The van der Waals surface area contributed by atoms with Crippen LogP contribution in [0.4, 0.5) is 4.39 Å². The highest BCUT2D eigenvalue weighted by atomic mass is 35.5. The first-order chi connectivity index (χ1) is 13.5. The molecule has 1 aromatic carbocycles. The summed E-state index contributed by atoms with van der Waals surface area (Å²) in [6.45, 7) is 1.57. The quantitative estimate of drug-likeness (QED) is 0.598. The minimum absolute atomic E-state index is 0.0130. The molecule has 29 heavy (non-hydrogen) atoms. The van der Waals surface area contributed by atoms with Gasteiger partial charge in [-0.25, -0.2) is 22.9 Å². The number of benzene rings is 1. The van der Waals surface area contributed by atoms with Crippen LogP contribution in [-0.4, -0.2) is 41.5 Å². The van der Waals surface area contributed by atoms with Gasteiger partial charge < -0.3 is 4.40 Å². The van der Waals surface area contributed by atoms with Crippen LogP contribution in [0.1, 0.15) is 11.3 Å². The van der Waals surface area contributed by atoms with Gasteiger partial charge in [0.25, 0.3) is 0 Å². The third-order valence-electron chi connectivity index (χ3n) is 4.22. The molecule has 0 aliphatic carbocycles. The zero-order chi connectivity index (χ0) is 21.5. The number of halogens is 2. The summed E-state index contributed by atoms with van der Waals surface area (Å²) in [7, 11) is -4.26. The molecule has 3 aromatic rings. The Morgan fingerprint density at radius 2 is 2.03 bits per heavy atom. The Bertz CT molecular complexity index is 1260. The van der Waals surface area contributed by atoms with E-state index in [2.05, 4.69) is 4.98 Å². The van der Waals surface area contributed by atoms with Crippen molar-refractivity contribution < 1.29 is 17.6 Å².